The van der Waals surface area contributed by atoms with Gasteiger partial charge in [-0.25, -0.2) is 0 Å². The van der Waals surface area contributed by atoms with E-state index in [1.807, 2.05) is 0 Å². The predicted octanol–water partition coefficient (Wildman–Crippen LogP) is 5.66. The zero-order valence-electron chi connectivity index (χ0n) is 13.4. The van der Waals surface area contributed by atoms with Crippen LogP contribution < -0.4 is 0 Å². The van der Waals surface area contributed by atoms with Crippen molar-refractivity contribution in [2.75, 3.05) is 0 Å². The van der Waals surface area contributed by atoms with Crippen LogP contribution in [0.15, 0.2) is 18.2 Å². The van der Waals surface area contributed by atoms with E-state index in [1.165, 1.54) is 29.5 Å². The lowest BCUT2D eigenvalue weighted by Crippen LogP contribution is -2.27. The minimum absolute atomic E-state index is 0.301. The van der Waals surface area contributed by atoms with Crippen LogP contribution in [0.1, 0.15) is 71.1 Å². The van der Waals surface area contributed by atoms with Gasteiger partial charge in [0.1, 0.15) is 0 Å². The number of benzene rings is 1. The number of hydrogen-bond donors (Lipinski definition) is 0. The van der Waals surface area contributed by atoms with Gasteiger partial charge in [-0.05, 0) is 53.7 Å². The van der Waals surface area contributed by atoms with Crippen molar-refractivity contribution < 1.29 is 0 Å². The fourth-order valence-corrected chi connectivity index (χ4v) is 3.03. The van der Waals surface area contributed by atoms with Gasteiger partial charge in [-0.15, -0.1) is 0 Å². The van der Waals surface area contributed by atoms with Crippen molar-refractivity contribution in [3.05, 3.63) is 34.9 Å². The summed E-state index contributed by atoms with van der Waals surface area (Å²) in [6, 6.07) is 7.07. The SMILES string of the molecule is CCc1cc(C(C)(CC)CC(C)(C)C)ccc1C. The normalized spacial score (nSPS) is 15.5. The highest BCUT2D eigenvalue weighted by Gasteiger charge is 2.30. The summed E-state index contributed by atoms with van der Waals surface area (Å²) in [4.78, 5) is 0. The summed E-state index contributed by atoms with van der Waals surface area (Å²) in [5.74, 6) is 0. The van der Waals surface area contributed by atoms with Crippen LogP contribution in [-0.2, 0) is 11.8 Å². The zero-order chi connectivity index (χ0) is 14.0. The molecule has 0 fully saturated rings. The maximum absolute atomic E-state index is 2.44. The molecule has 1 aromatic carbocycles. The molecule has 0 saturated carbocycles. The standard InChI is InChI=1S/C18H30/c1-8-15-12-16(11-10-14(15)3)18(7,9-2)13-17(4,5)6/h10-12H,8-9,13H2,1-7H3. The maximum Gasteiger partial charge on any atom is -0.00728 e. The predicted molar refractivity (Wildman–Crippen MR) is 82.3 cm³/mol. The molecule has 0 aromatic heterocycles. The molecule has 0 amide bonds. The molecule has 0 aliphatic carbocycles. The van der Waals surface area contributed by atoms with E-state index in [0.29, 0.717) is 10.8 Å². The van der Waals surface area contributed by atoms with Gasteiger partial charge < -0.3 is 0 Å². The Morgan fingerprint density at radius 3 is 2.06 bits per heavy atom. The molecule has 0 aliphatic heterocycles. The lowest BCUT2D eigenvalue weighted by Gasteiger charge is -2.36. The lowest BCUT2D eigenvalue weighted by molar-refractivity contribution is 0.261. The molecule has 0 bridgehead atoms. The van der Waals surface area contributed by atoms with Gasteiger partial charge in [-0.3, -0.25) is 0 Å². The van der Waals surface area contributed by atoms with Crippen molar-refractivity contribution in [1.29, 1.82) is 0 Å². The molecular formula is C18H30. The smallest absolute Gasteiger partial charge is 0.00728 e. The van der Waals surface area contributed by atoms with Crippen LogP contribution in [0.4, 0.5) is 0 Å². The molecule has 0 radical (unpaired) electrons. The summed E-state index contributed by atoms with van der Waals surface area (Å²) in [6.45, 7) is 16.2. The van der Waals surface area contributed by atoms with Crippen molar-refractivity contribution in [3.63, 3.8) is 0 Å². The first-order chi connectivity index (χ1) is 8.22. The molecule has 0 aliphatic rings. The second-order valence-corrected chi connectivity index (χ2v) is 7.15. The highest BCUT2D eigenvalue weighted by molar-refractivity contribution is 5.35. The number of aryl methyl sites for hydroxylation is 2. The quantitative estimate of drug-likeness (QED) is 0.643. The Morgan fingerprint density at radius 2 is 1.61 bits per heavy atom. The Labute approximate surface area is 114 Å². The highest BCUT2D eigenvalue weighted by Crippen LogP contribution is 2.39. The summed E-state index contributed by atoms with van der Waals surface area (Å²) in [5.41, 5.74) is 5.12. The fourth-order valence-electron chi connectivity index (χ4n) is 3.03. The van der Waals surface area contributed by atoms with E-state index in [0.717, 1.165) is 6.42 Å². The van der Waals surface area contributed by atoms with Crippen LogP contribution in [-0.4, -0.2) is 0 Å². The van der Waals surface area contributed by atoms with Crippen molar-refractivity contribution in [2.24, 2.45) is 5.41 Å². The highest BCUT2D eigenvalue weighted by atomic mass is 14.3. The van der Waals surface area contributed by atoms with E-state index >= 15 is 0 Å². The van der Waals surface area contributed by atoms with Crippen LogP contribution in [0.5, 0.6) is 0 Å². The van der Waals surface area contributed by atoms with Crippen LogP contribution in [0.2, 0.25) is 0 Å². The summed E-state index contributed by atoms with van der Waals surface area (Å²) in [6.07, 6.45) is 3.58. The van der Waals surface area contributed by atoms with Crippen molar-refractivity contribution in [1.82, 2.24) is 0 Å². The van der Waals surface area contributed by atoms with E-state index < -0.39 is 0 Å². The van der Waals surface area contributed by atoms with Gasteiger partial charge in [0.2, 0.25) is 0 Å². The van der Waals surface area contributed by atoms with Crippen LogP contribution in [0.3, 0.4) is 0 Å². The van der Waals surface area contributed by atoms with Crippen LogP contribution in [0.25, 0.3) is 0 Å². The first kappa shape index (κ1) is 15.3. The Balaban J connectivity index is 3.15. The second kappa shape index (κ2) is 5.47. The maximum atomic E-state index is 2.44. The molecule has 0 heterocycles. The fraction of sp³-hybridized carbons (Fsp3) is 0.667. The van der Waals surface area contributed by atoms with Crippen LogP contribution in [0, 0.1) is 12.3 Å². The Bertz CT molecular complexity index is 395. The number of hydrogen-bond acceptors (Lipinski definition) is 0. The van der Waals surface area contributed by atoms with E-state index in [2.05, 4.69) is 66.7 Å². The first-order valence-corrected chi connectivity index (χ1v) is 7.32. The molecule has 18 heavy (non-hydrogen) atoms. The third kappa shape index (κ3) is 3.60. The monoisotopic (exact) mass is 246 g/mol. The van der Waals surface area contributed by atoms with E-state index in [1.54, 1.807) is 0 Å². The first-order valence-electron chi connectivity index (χ1n) is 7.32. The molecular weight excluding hydrogens is 216 g/mol. The number of rotatable bonds is 4. The summed E-state index contributed by atoms with van der Waals surface area (Å²) < 4.78 is 0. The van der Waals surface area contributed by atoms with Gasteiger partial charge in [0.25, 0.3) is 0 Å². The molecule has 1 atom stereocenters. The molecule has 0 saturated heterocycles. The van der Waals surface area contributed by atoms with Crippen molar-refractivity contribution in [3.8, 4) is 0 Å². The van der Waals surface area contributed by atoms with E-state index in [9.17, 15) is 0 Å². The minimum Gasteiger partial charge on any atom is -0.0645 e. The molecule has 0 heteroatoms. The third-order valence-corrected chi connectivity index (χ3v) is 4.13. The molecule has 1 unspecified atom stereocenters. The van der Waals surface area contributed by atoms with Gasteiger partial charge in [0, 0.05) is 0 Å². The Hall–Kier alpha value is -0.780. The summed E-state index contributed by atoms with van der Waals surface area (Å²) in [7, 11) is 0. The second-order valence-electron chi connectivity index (χ2n) is 7.15. The van der Waals surface area contributed by atoms with Gasteiger partial charge in [0.05, 0.1) is 0 Å². The molecule has 1 aromatic rings. The molecule has 1 rings (SSSR count). The van der Waals surface area contributed by atoms with Gasteiger partial charge >= 0.3 is 0 Å². The molecule has 0 nitrogen and oxygen atoms in total. The van der Waals surface area contributed by atoms with Crippen molar-refractivity contribution in [2.45, 2.75) is 73.1 Å². The minimum atomic E-state index is 0.301. The largest absolute Gasteiger partial charge is 0.0645 e. The van der Waals surface area contributed by atoms with Gasteiger partial charge in [-0.2, -0.15) is 0 Å². The molecule has 0 N–H and O–H groups in total. The summed E-state index contributed by atoms with van der Waals surface area (Å²) >= 11 is 0. The summed E-state index contributed by atoms with van der Waals surface area (Å²) in [5, 5.41) is 0. The average Bonchev–Trinajstić information content (AvgIpc) is 2.27. The van der Waals surface area contributed by atoms with Crippen LogP contribution >= 0.6 is 0 Å². The Kier molecular flexibility index (Phi) is 4.64. The third-order valence-electron chi connectivity index (χ3n) is 4.13. The lowest BCUT2D eigenvalue weighted by atomic mass is 9.69. The van der Waals surface area contributed by atoms with Crippen molar-refractivity contribution >= 4 is 0 Å². The average molecular weight is 246 g/mol. The Morgan fingerprint density at radius 1 is 1.00 bits per heavy atom. The van der Waals surface area contributed by atoms with Gasteiger partial charge in [-0.1, -0.05) is 59.7 Å². The zero-order valence-corrected chi connectivity index (χ0v) is 13.4. The van der Waals surface area contributed by atoms with E-state index in [-0.39, 0.29) is 0 Å². The van der Waals surface area contributed by atoms with Gasteiger partial charge in [0.15, 0.2) is 0 Å². The molecule has 0 spiro atoms. The van der Waals surface area contributed by atoms with E-state index in [4.69, 9.17) is 0 Å². The molecule has 102 valence electrons. The topological polar surface area (TPSA) is 0 Å².